The van der Waals surface area contributed by atoms with Gasteiger partial charge >= 0.3 is 0 Å². The van der Waals surface area contributed by atoms with E-state index < -0.39 is 32.7 Å². The first-order valence-corrected chi connectivity index (χ1v) is 10.1. The normalized spacial score (nSPS) is 13.2. The molecule has 1 amide bonds. The molecule has 28 heavy (non-hydrogen) atoms. The quantitative estimate of drug-likeness (QED) is 0.567. The molecule has 6 nitrogen and oxygen atoms in total. The average Bonchev–Trinajstić information content (AvgIpc) is 2.66. The molecule has 0 bridgehead atoms. The van der Waals surface area contributed by atoms with Crippen molar-refractivity contribution >= 4 is 28.3 Å². The molecule has 0 spiro atoms. The maximum Gasteiger partial charge on any atom is 0.244 e. The van der Waals surface area contributed by atoms with E-state index in [1.165, 1.54) is 12.1 Å². The molecule has 2 aromatic carbocycles. The molecule has 0 heterocycles. The van der Waals surface area contributed by atoms with Crippen molar-refractivity contribution in [3.8, 4) is 0 Å². The van der Waals surface area contributed by atoms with Gasteiger partial charge in [-0.05, 0) is 38.1 Å². The molecule has 0 saturated heterocycles. The minimum absolute atomic E-state index is 0. The molecule has 0 fully saturated rings. The molecule has 154 valence electrons. The molecule has 0 radical (unpaired) electrons. The maximum absolute atomic E-state index is 13.9. The Morgan fingerprint density at radius 2 is 1.68 bits per heavy atom. The van der Waals surface area contributed by atoms with Crippen molar-refractivity contribution < 1.29 is 17.6 Å². The predicted molar refractivity (Wildman–Crippen MR) is 109 cm³/mol. The van der Waals surface area contributed by atoms with Gasteiger partial charge in [-0.15, -0.1) is 12.4 Å². The fraction of sp³-hybridized carbons (Fsp3) is 0.316. The Hall–Kier alpha value is -2.00. The van der Waals surface area contributed by atoms with Gasteiger partial charge in [0.2, 0.25) is 15.9 Å². The van der Waals surface area contributed by atoms with Gasteiger partial charge in [0.25, 0.3) is 0 Å². The second-order valence-corrected chi connectivity index (χ2v) is 7.91. The molecule has 2 rings (SSSR count). The fourth-order valence-corrected chi connectivity index (χ4v) is 3.70. The molecule has 3 N–H and O–H groups in total. The van der Waals surface area contributed by atoms with Crippen molar-refractivity contribution in [3.63, 3.8) is 0 Å². The van der Waals surface area contributed by atoms with Gasteiger partial charge in [0.1, 0.15) is 16.8 Å². The van der Waals surface area contributed by atoms with Gasteiger partial charge < -0.3 is 10.6 Å². The summed E-state index contributed by atoms with van der Waals surface area (Å²) in [6, 6.07) is 13.1. The van der Waals surface area contributed by atoms with E-state index in [0.29, 0.717) is 6.54 Å². The summed E-state index contributed by atoms with van der Waals surface area (Å²) in [5, 5.41) is 5.71. The van der Waals surface area contributed by atoms with E-state index >= 15 is 0 Å². The Morgan fingerprint density at radius 1 is 1.07 bits per heavy atom. The lowest BCUT2D eigenvalue weighted by atomic mass is 10.1. The summed E-state index contributed by atoms with van der Waals surface area (Å²) in [5.74, 6) is -1.34. The van der Waals surface area contributed by atoms with Crippen LogP contribution in [-0.2, 0) is 21.2 Å². The molecular formula is C19H25ClFN3O3S. The van der Waals surface area contributed by atoms with Crippen molar-refractivity contribution in [1.82, 2.24) is 15.4 Å². The van der Waals surface area contributed by atoms with E-state index in [2.05, 4.69) is 15.4 Å². The highest BCUT2D eigenvalue weighted by Gasteiger charge is 2.27. The smallest absolute Gasteiger partial charge is 0.244 e. The highest BCUT2D eigenvalue weighted by Crippen LogP contribution is 2.15. The van der Waals surface area contributed by atoms with E-state index in [1.54, 1.807) is 31.3 Å². The third-order valence-electron chi connectivity index (χ3n) is 4.10. The molecule has 2 aromatic rings. The Bertz CT molecular complexity index is 866. The van der Waals surface area contributed by atoms with Crippen molar-refractivity contribution in [2.75, 3.05) is 13.6 Å². The van der Waals surface area contributed by atoms with Crippen molar-refractivity contribution in [2.24, 2.45) is 0 Å². The summed E-state index contributed by atoms with van der Waals surface area (Å²) in [4.78, 5) is 12.1. The summed E-state index contributed by atoms with van der Waals surface area (Å²) in [6.07, 6.45) is 0.147. The number of hydrogen-bond donors (Lipinski definition) is 3. The molecule has 0 aliphatic heterocycles. The number of halogens is 2. The van der Waals surface area contributed by atoms with Crippen LogP contribution in [0.2, 0.25) is 0 Å². The molecule has 0 aliphatic carbocycles. The number of carbonyl (C=O) groups excluding carboxylic acids is 1. The summed E-state index contributed by atoms with van der Waals surface area (Å²) < 4.78 is 41.5. The molecule has 0 saturated carbocycles. The second-order valence-electron chi connectivity index (χ2n) is 6.23. The van der Waals surface area contributed by atoms with E-state index in [-0.39, 0.29) is 24.9 Å². The van der Waals surface area contributed by atoms with Gasteiger partial charge in [0.05, 0.1) is 0 Å². The first-order chi connectivity index (χ1) is 12.8. The Kier molecular flexibility index (Phi) is 9.54. The average molecular weight is 430 g/mol. The van der Waals surface area contributed by atoms with Crippen LogP contribution in [-0.4, -0.2) is 40.0 Å². The van der Waals surface area contributed by atoms with Crippen molar-refractivity contribution in [3.05, 3.63) is 66.0 Å². The lowest BCUT2D eigenvalue weighted by Crippen LogP contribution is -2.50. The fourth-order valence-electron chi connectivity index (χ4n) is 2.43. The van der Waals surface area contributed by atoms with Crippen molar-refractivity contribution in [2.45, 2.75) is 30.3 Å². The Labute approximate surface area is 171 Å². The SMILES string of the molecule is CNC(C)CNC(=O)C(Cc1ccccc1)NS(=O)(=O)c1ccccc1F.Cl. The lowest BCUT2D eigenvalue weighted by Gasteiger charge is -2.20. The van der Waals surface area contributed by atoms with Crippen molar-refractivity contribution in [1.29, 1.82) is 0 Å². The molecule has 2 atom stereocenters. The lowest BCUT2D eigenvalue weighted by molar-refractivity contribution is -0.122. The Morgan fingerprint density at radius 3 is 2.29 bits per heavy atom. The number of nitrogens with one attached hydrogen (secondary N) is 3. The minimum atomic E-state index is -4.20. The minimum Gasteiger partial charge on any atom is -0.353 e. The van der Waals surface area contributed by atoms with E-state index in [4.69, 9.17) is 0 Å². The van der Waals surface area contributed by atoms with Crippen LogP contribution >= 0.6 is 12.4 Å². The predicted octanol–water partition coefficient (Wildman–Crippen LogP) is 1.86. The second kappa shape index (κ2) is 11.1. The van der Waals surface area contributed by atoms with Crippen LogP contribution in [0.4, 0.5) is 4.39 Å². The van der Waals surface area contributed by atoms with Crippen LogP contribution < -0.4 is 15.4 Å². The number of sulfonamides is 1. The van der Waals surface area contributed by atoms with Gasteiger partial charge in [0, 0.05) is 12.6 Å². The molecular weight excluding hydrogens is 405 g/mol. The van der Waals surface area contributed by atoms with Crippen LogP contribution in [0.1, 0.15) is 12.5 Å². The summed E-state index contributed by atoms with van der Waals surface area (Å²) in [5.41, 5.74) is 0.788. The van der Waals surface area contributed by atoms with Crippen LogP contribution in [0.25, 0.3) is 0 Å². The van der Waals surface area contributed by atoms with E-state index in [9.17, 15) is 17.6 Å². The van der Waals surface area contributed by atoms with Gasteiger partial charge in [-0.25, -0.2) is 12.8 Å². The zero-order valence-corrected chi connectivity index (χ0v) is 17.3. The third kappa shape index (κ3) is 6.87. The van der Waals surface area contributed by atoms with Gasteiger partial charge in [-0.2, -0.15) is 4.72 Å². The van der Waals surface area contributed by atoms with Gasteiger partial charge in [-0.1, -0.05) is 42.5 Å². The maximum atomic E-state index is 13.9. The topological polar surface area (TPSA) is 87.3 Å². The number of carbonyl (C=O) groups is 1. The molecule has 2 unspecified atom stereocenters. The van der Waals surface area contributed by atoms with Crippen LogP contribution in [0.15, 0.2) is 59.5 Å². The Balaban J connectivity index is 0.00000392. The molecule has 0 aromatic heterocycles. The largest absolute Gasteiger partial charge is 0.353 e. The number of benzene rings is 2. The number of rotatable bonds is 9. The number of amides is 1. The monoisotopic (exact) mass is 429 g/mol. The first kappa shape index (κ1) is 24.0. The highest BCUT2D eigenvalue weighted by molar-refractivity contribution is 7.89. The first-order valence-electron chi connectivity index (χ1n) is 8.59. The van der Waals surface area contributed by atoms with E-state index in [1.807, 2.05) is 13.0 Å². The van der Waals surface area contributed by atoms with Crippen LogP contribution in [0.5, 0.6) is 0 Å². The number of hydrogen-bond acceptors (Lipinski definition) is 4. The zero-order chi connectivity index (χ0) is 19.9. The van der Waals surface area contributed by atoms with E-state index in [0.717, 1.165) is 17.7 Å². The zero-order valence-electron chi connectivity index (χ0n) is 15.7. The van der Waals surface area contributed by atoms with Gasteiger partial charge in [0.15, 0.2) is 0 Å². The highest BCUT2D eigenvalue weighted by atomic mass is 35.5. The third-order valence-corrected chi connectivity index (χ3v) is 5.60. The van der Waals surface area contributed by atoms with Crippen LogP contribution in [0, 0.1) is 5.82 Å². The summed E-state index contributed by atoms with van der Waals surface area (Å²) in [7, 11) is -2.44. The standard InChI is InChI=1S/C19H24FN3O3S.ClH/c1-14(21-2)13-22-19(24)17(12-15-8-4-3-5-9-15)23-27(25,26)18-11-7-6-10-16(18)20;/h3-11,14,17,21,23H,12-13H2,1-2H3,(H,22,24);1H. The van der Waals surface area contributed by atoms with Gasteiger partial charge in [-0.3, -0.25) is 4.79 Å². The van der Waals surface area contributed by atoms with Crippen LogP contribution in [0.3, 0.4) is 0 Å². The summed E-state index contributed by atoms with van der Waals surface area (Å²) in [6.45, 7) is 2.22. The number of likely N-dealkylation sites (N-methyl/N-ethyl adjacent to an activating group) is 1. The molecule has 9 heteroatoms. The summed E-state index contributed by atoms with van der Waals surface area (Å²) >= 11 is 0. The molecule has 0 aliphatic rings.